The largest absolute Gasteiger partial charge is 0.343 e. The van der Waals surface area contributed by atoms with Crippen LogP contribution in [0, 0.1) is 11.8 Å². The predicted molar refractivity (Wildman–Crippen MR) is 31.3 cm³/mol. The first kappa shape index (κ1) is 6.99. The molecule has 0 saturated heterocycles. The first-order valence-corrected chi connectivity index (χ1v) is 3.19. The molecule has 3 N–H and O–H groups in total. The van der Waals surface area contributed by atoms with Crippen molar-refractivity contribution in [3.63, 3.8) is 0 Å². The van der Waals surface area contributed by atoms with Gasteiger partial charge in [0.25, 0.3) is 5.97 Å². The van der Waals surface area contributed by atoms with Crippen LogP contribution in [-0.2, 0) is 0 Å². The predicted octanol–water partition coefficient (Wildman–Crippen LogP) is -0.337. The van der Waals surface area contributed by atoms with Crippen molar-refractivity contribution in [3.8, 4) is 0 Å². The zero-order valence-corrected chi connectivity index (χ0v) is 5.41. The summed E-state index contributed by atoms with van der Waals surface area (Å²) >= 11 is 0. The molecule has 1 fully saturated rings. The molecule has 1 rings (SSSR count). The third-order valence-corrected chi connectivity index (χ3v) is 1.94. The lowest BCUT2D eigenvalue weighted by Gasteiger charge is -2.21. The van der Waals surface area contributed by atoms with Gasteiger partial charge in [-0.15, -0.1) is 0 Å². The van der Waals surface area contributed by atoms with Gasteiger partial charge in [-0.1, -0.05) is 6.92 Å². The van der Waals surface area contributed by atoms with Crippen LogP contribution in [0.15, 0.2) is 0 Å². The summed E-state index contributed by atoms with van der Waals surface area (Å²) in [6.07, 6.45) is 2.01. The molecular weight excluding hydrogens is 120 g/mol. The van der Waals surface area contributed by atoms with Gasteiger partial charge < -0.3 is 15.3 Å². The van der Waals surface area contributed by atoms with E-state index in [-0.39, 0.29) is 0 Å². The van der Waals surface area contributed by atoms with Gasteiger partial charge in [-0.2, -0.15) is 0 Å². The van der Waals surface area contributed by atoms with Gasteiger partial charge in [0.15, 0.2) is 0 Å². The molecule has 0 aromatic carbocycles. The average molecular weight is 132 g/mol. The van der Waals surface area contributed by atoms with Crippen molar-refractivity contribution in [2.75, 3.05) is 0 Å². The molecule has 3 heteroatoms. The van der Waals surface area contributed by atoms with Crippen molar-refractivity contribution in [3.05, 3.63) is 0 Å². The van der Waals surface area contributed by atoms with Crippen molar-refractivity contribution >= 4 is 0 Å². The minimum atomic E-state index is -2.46. The van der Waals surface area contributed by atoms with Crippen LogP contribution in [0.2, 0.25) is 0 Å². The lowest BCUT2D eigenvalue weighted by Crippen LogP contribution is -2.36. The molecule has 0 spiro atoms. The van der Waals surface area contributed by atoms with Gasteiger partial charge in [0, 0.05) is 5.92 Å². The third kappa shape index (κ3) is 1.64. The fourth-order valence-electron chi connectivity index (χ4n) is 0.912. The Hall–Kier alpha value is -0.120. The first-order chi connectivity index (χ1) is 4.02. The van der Waals surface area contributed by atoms with Gasteiger partial charge in [0.05, 0.1) is 0 Å². The quantitative estimate of drug-likeness (QED) is 0.450. The van der Waals surface area contributed by atoms with Gasteiger partial charge in [-0.05, 0) is 18.8 Å². The molecule has 1 aliphatic rings. The van der Waals surface area contributed by atoms with Crippen LogP contribution in [-0.4, -0.2) is 21.3 Å². The summed E-state index contributed by atoms with van der Waals surface area (Å²) in [5.41, 5.74) is 0. The fourth-order valence-corrected chi connectivity index (χ4v) is 0.912. The summed E-state index contributed by atoms with van der Waals surface area (Å²) < 4.78 is 0. The van der Waals surface area contributed by atoms with Crippen LogP contribution in [0.1, 0.15) is 19.8 Å². The fraction of sp³-hybridized carbons (Fsp3) is 1.00. The summed E-state index contributed by atoms with van der Waals surface area (Å²) in [5.74, 6) is -2.55. The molecule has 0 radical (unpaired) electrons. The Kier molecular flexibility index (Phi) is 1.50. The summed E-state index contributed by atoms with van der Waals surface area (Å²) in [6.45, 7) is 1.64. The van der Waals surface area contributed by atoms with Crippen LogP contribution in [0.25, 0.3) is 0 Å². The van der Waals surface area contributed by atoms with Crippen molar-refractivity contribution in [1.29, 1.82) is 0 Å². The number of hydrogen-bond donors (Lipinski definition) is 3. The monoisotopic (exact) mass is 132 g/mol. The molecule has 0 heterocycles. The molecule has 0 amide bonds. The van der Waals surface area contributed by atoms with E-state index in [0.29, 0.717) is 5.92 Å². The van der Waals surface area contributed by atoms with E-state index in [9.17, 15) is 0 Å². The molecule has 1 atom stereocenters. The highest BCUT2D eigenvalue weighted by Gasteiger charge is 2.40. The van der Waals surface area contributed by atoms with Crippen LogP contribution in [0.3, 0.4) is 0 Å². The topological polar surface area (TPSA) is 60.7 Å². The Morgan fingerprint density at radius 2 is 1.78 bits per heavy atom. The van der Waals surface area contributed by atoms with Crippen molar-refractivity contribution in [2.45, 2.75) is 25.7 Å². The van der Waals surface area contributed by atoms with Gasteiger partial charge >= 0.3 is 0 Å². The normalized spacial score (nSPS) is 24.0. The van der Waals surface area contributed by atoms with E-state index in [1.54, 1.807) is 6.92 Å². The second-order valence-electron chi connectivity index (χ2n) is 2.81. The molecule has 0 bridgehead atoms. The molecule has 0 aromatic rings. The smallest absolute Gasteiger partial charge is 0.278 e. The minimum absolute atomic E-state index is 0.310. The van der Waals surface area contributed by atoms with Crippen molar-refractivity contribution < 1.29 is 15.3 Å². The summed E-state index contributed by atoms with van der Waals surface area (Å²) in [7, 11) is 0. The van der Waals surface area contributed by atoms with Gasteiger partial charge in [-0.25, -0.2) is 0 Å². The maximum Gasteiger partial charge on any atom is 0.278 e. The highest BCUT2D eigenvalue weighted by molar-refractivity contribution is 4.81. The van der Waals surface area contributed by atoms with E-state index >= 15 is 0 Å². The molecule has 1 unspecified atom stereocenters. The molecule has 3 nitrogen and oxygen atoms in total. The lowest BCUT2D eigenvalue weighted by atomic mass is 10.0. The van der Waals surface area contributed by atoms with Crippen molar-refractivity contribution in [2.24, 2.45) is 11.8 Å². The highest BCUT2D eigenvalue weighted by atomic mass is 16.7. The van der Waals surface area contributed by atoms with E-state index in [4.69, 9.17) is 15.3 Å². The van der Waals surface area contributed by atoms with Crippen LogP contribution in [0.5, 0.6) is 0 Å². The molecular formula is C6H12O3. The molecule has 1 aliphatic carbocycles. The summed E-state index contributed by atoms with van der Waals surface area (Å²) in [4.78, 5) is 0. The Balaban J connectivity index is 2.40. The van der Waals surface area contributed by atoms with Crippen LogP contribution in [0.4, 0.5) is 0 Å². The number of rotatable bonds is 2. The number of hydrogen-bond acceptors (Lipinski definition) is 3. The SMILES string of the molecule is CC(C1CC1)C(O)(O)O. The second-order valence-corrected chi connectivity index (χ2v) is 2.81. The van der Waals surface area contributed by atoms with Crippen molar-refractivity contribution in [1.82, 2.24) is 0 Å². The zero-order chi connectivity index (χ0) is 7.07. The second kappa shape index (κ2) is 1.94. The standard InChI is InChI=1S/C6H12O3/c1-4(5-2-3-5)6(7,8)9/h4-5,7-9H,2-3H2,1H3. The van der Waals surface area contributed by atoms with E-state index in [0.717, 1.165) is 12.8 Å². The average Bonchev–Trinajstić information content (AvgIpc) is 2.40. The zero-order valence-electron chi connectivity index (χ0n) is 5.41. The molecule has 9 heavy (non-hydrogen) atoms. The molecule has 1 saturated carbocycles. The first-order valence-electron chi connectivity index (χ1n) is 3.19. The van der Waals surface area contributed by atoms with Gasteiger partial charge in [0.1, 0.15) is 0 Å². The molecule has 54 valence electrons. The van der Waals surface area contributed by atoms with E-state index in [1.165, 1.54) is 0 Å². The molecule has 0 aliphatic heterocycles. The molecule has 0 aromatic heterocycles. The van der Waals surface area contributed by atoms with Crippen LogP contribution >= 0.6 is 0 Å². The highest BCUT2D eigenvalue weighted by Crippen LogP contribution is 2.39. The van der Waals surface area contributed by atoms with E-state index in [1.807, 2.05) is 0 Å². The van der Waals surface area contributed by atoms with Crippen LogP contribution < -0.4 is 0 Å². The van der Waals surface area contributed by atoms with E-state index in [2.05, 4.69) is 0 Å². The minimum Gasteiger partial charge on any atom is -0.343 e. The Morgan fingerprint density at radius 3 is 1.89 bits per heavy atom. The maximum absolute atomic E-state index is 8.61. The Morgan fingerprint density at radius 1 is 1.33 bits per heavy atom. The Labute approximate surface area is 53.9 Å². The Bertz CT molecular complexity index is 101. The summed E-state index contributed by atoms with van der Waals surface area (Å²) in [6, 6.07) is 0. The van der Waals surface area contributed by atoms with Gasteiger partial charge in [-0.3, -0.25) is 0 Å². The van der Waals surface area contributed by atoms with Gasteiger partial charge in [0.2, 0.25) is 0 Å². The maximum atomic E-state index is 8.61. The lowest BCUT2D eigenvalue weighted by molar-refractivity contribution is -0.342. The van der Waals surface area contributed by atoms with E-state index < -0.39 is 11.9 Å². The summed E-state index contributed by atoms with van der Waals surface area (Å²) in [5, 5.41) is 25.8. The third-order valence-electron chi connectivity index (χ3n) is 1.94. The number of aliphatic hydroxyl groups is 3.